The van der Waals surface area contributed by atoms with Gasteiger partial charge < -0.3 is 10.1 Å². The third-order valence-electron chi connectivity index (χ3n) is 5.34. The number of sulfonamides is 1. The minimum Gasteiger partial charge on any atom is -0.494 e. The number of nitrogens with one attached hydrogen (secondary N) is 1. The van der Waals surface area contributed by atoms with Crippen LogP contribution in [0.3, 0.4) is 0 Å². The van der Waals surface area contributed by atoms with E-state index in [1.165, 1.54) is 10.4 Å². The maximum atomic E-state index is 12.8. The number of hydrogen-bond donors (Lipinski definition) is 1. The SMILES string of the molecule is CCOc1ccccc1CCCNC(=O)c1cc(S(=O)(=O)N2CCCC2)ccc1C. The summed E-state index contributed by atoms with van der Waals surface area (Å²) in [4.78, 5) is 12.9. The number of carbonyl (C=O) groups excluding carboxylic acids is 1. The molecule has 0 radical (unpaired) electrons. The zero-order chi connectivity index (χ0) is 21.6. The van der Waals surface area contributed by atoms with Crippen LogP contribution in [-0.2, 0) is 16.4 Å². The minimum atomic E-state index is -3.54. The molecule has 0 aromatic heterocycles. The minimum absolute atomic E-state index is 0.186. The summed E-state index contributed by atoms with van der Waals surface area (Å²) in [6.07, 6.45) is 3.31. The predicted octanol–water partition coefficient (Wildman–Crippen LogP) is 3.54. The number of hydrogen-bond acceptors (Lipinski definition) is 4. The van der Waals surface area contributed by atoms with Crippen molar-refractivity contribution in [3.05, 3.63) is 59.2 Å². The lowest BCUT2D eigenvalue weighted by molar-refractivity contribution is 0.0952. The third kappa shape index (κ3) is 5.21. The van der Waals surface area contributed by atoms with Crippen molar-refractivity contribution in [1.29, 1.82) is 0 Å². The van der Waals surface area contributed by atoms with Gasteiger partial charge in [-0.1, -0.05) is 24.3 Å². The van der Waals surface area contributed by atoms with E-state index in [-0.39, 0.29) is 10.8 Å². The molecule has 30 heavy (non-hydrogen) atoms. The van der Waals surface area contributed by atoms with Crippen LogP contribution in [0, 0.1) is 6.92 Å². The predicted molar refractivity (Wildman–Crippen MR) is 117 cm³/mol. The van der Waals surface area contributed by atoms with Crippen molar-refractivity contribution in [3.63, 3.8) is 0 Å². The maximum Gasteiger partial charge on any atom is 0.251 e. The highest BCUT2D eigenvalue weighted by Gasteiger charge is 2.28. The number of ether oxygens (including phenoxy) is 1. The fourth-order valence-corrected chi connectivity index (χ4v) is 5.21. The molecule has 1 N–H and O–H groups in total. The Hall–Kier alpha value is -2.38. The number of nitrogens with zero attached hydrogens (tertiary/aromatic N) is 1. The Bertz CT molecular complexity index is 982. The molecule has 0 unspecified atom stereocenters. The lowest BCUT2D eigenvalue weighted by atomic mass is 10.1. The Morgan fingerprint density at radius 2 is 1.87 bits per heavy atom. The Morgan fingerprint density at radius 3 is 2.60 bits per heavy atom. The van der Waals surface area contributed by atoms with Crippen LogP contribution in [0.1, 0.15) is 47.7 Å². The van der Waals surface area contributed by atoms with Crippen LogP contribution in [0.15, 0.2) is 47.4 Å². The quantitative estimate of drug-likeness (QED) is 0.618. The van der Waals surface area contributed by atoms with Gasteiger partial charge in [0, 0.05) is 25.2 Å². The average molecular weight is 431 g/mol. The molecule has 6 nitrogen and oxygen atoms in total. The second-order valence-corrected chi connectivity index (χ2v) is 9.43. The summed E-state index contributed by atoms with van der Waals surface area (Å²) < 4.78 is 32.7. The zero-order valence-electron chi connectivity index (χ0n) is 17.7. The molecule has 0 aliphatic carbocycles. The van der Waals surface area contributed by atoms with E-state index in [0.29, 0.717) is 31.8 Å². The van der Waals surface area contributed by atoms with Crippen molar-refractivity contribution in [2.75, 3.05) is 26.2 Å². The lowest BCUT2D eigenvalue weighted by Crippen LogP contribution is -2.29. The van der Waals surface area contributed by atoms with Crippen molar-refractivity contribution in [3.8, 4) is 5.75 Å². The van der Waals surface area contributed by atoms with Crippen LogP contribution in [0.25, 0.3) is 0 Å². The van der Waals surface area contributed by atoms with E-state index in [1.54, 1.807) is 12.1 Å². The summed E-state index contributed by atoms with van der Waals surface area (Å²) in [5, 5.41) is 2.92. The normalized spacial score (nSPS) is 14.6. The van der Waals surface area contributed by atoms with Crippen molar-refractivity contribution in [1.82, 2.24) is 9.62 Å². The second kappa shape index (κ2) is 10.1. The van der Waals surface area contributed by atoms with Gasteiger partial charge in [-0.2, -0.15) is 4.31 Å². The van der Waals surface area contributed by atoms with Crippen LogP contribution >= 0.6 is 0 Å². The van der Waals surface area contributed by atoms with Gasteiger partial charge in [-0.05, 0) is 68.9 Å². The molecule has 1 saturated heterocycles. The van der Waals surface area contributed by atoms with Crippen LogP contribution in [-0.4, -0.2) is 44.9 Å². The van der Waals surface area contributed by atoms with Gasteiger partial charge in [0.2, 0.25) is 10.0 Å². The number of aryl methyl sites for hydroxylation is 2. The largest absolute Gasteiger partial charge is 0.494 e. The lowest BCUT2D eigenvalue weighted by Gasteiger charge is -2.17. The topological polar surface area (TPSA) is 75.7 Å². The summed E-state index contributed by atoms with van der Waals surface area (Å²) in [7, 11) is -3.54. The molecular weight excluding hydrogens is 400 g/mol. The van der Waals surface area contributed by atoms with E-state index in [4.69, 9.17) is 4.74 Å². The first-order valence-corrected chi connectivity index (χ1v) is 12.0. The average Bonchev–Trinajstić information content (AvgIpc) is 3.28. The fourth-order valence-electron chi connectivity index (χ4n) is 3.67. The van der Waals surface area contributed by atoms with Crippen molar-refractivity contribution in [2.45, 2.75) is 44.4 Å². The first-order chi connectivity index (χ1) is 14.4. The number of carbonyl (C=O) groups is 1. The molecule has 2 aromatic carbocycles. The van der Waals surface area contributed by atoms with Gasteiger partial charge in [0.25, 0.3) is 5.91 Å². The van der Waals surface area contributed by atoms with E-state index < -0.39 is 10.0 Å². The standard InChI is InChI=1S/C23H30N2O4S/c1-3-29-22-11-5-4-9-19(22)10-8-14-24-23(26)21-17-20(13-12-18(21)2)30(27,28)25-15-6-7-16-25/h4-5,9,11-13,17H,3,6-8,10,14-16H2,1-2H3,(H,24,26). The molecule has 162 valence electrons. The summed E-state index contributed by atoms with van der Waals surface area (Å²) in [6, 6.07) is 12.7. The van der Waals surface area contributed by atoms with Crippen LogP contribution < -0.4 is 10.1 Å². The van der Waals surface area contributed by atoms with Crippen LogP contribution in [0.4, 0.5) is 0 Å². The molecule has 3 rings (SSSR count). The molecule has 1 aliphatic heterocycles. The van der Waals surface area contributed by atoms with Gasteiger partial charge in [-0.25, -0.2) is 8.42 Å². The first-order valence-electron chi connectivity index (χ1n) is 10.5. The van der Waals surface area contributed by atoms with Crippen LogP contribution in [0.5, 0.6) is 5.75 Å². The third-order valence-corrected chi connectivity index (χ3v) is 7.23. The number of benzene rings is 2. The molecule has 1 aliphatic rings. The molecule has 0 spiro atoms. The highest BCUT2D eigenvalue weighted by molar-refractivity contribution is 7.89. The molecule has 2 aromatic rings. The smallest absolute Gasteiger partial charge is 0.251 e. The Labute approximate surface area is 179 Å². The summed E-state index contributed by atoms with van der Waals surface area (Å²) in [6.45, 7) is 5.98. The summed E-state index contributed by atoms with van der Waals surface area (Å²) in [5.74, 6) is 0.631. The Morgan fingerprint density at radius 1 is 1.13 bits per heavy atom. The molecule has 0 saturated carbocycles. The Kier molecular flexibility index (Phi) is 7.50. The van der Waals surface area contributed by atoms with Crippen LogP contribution in [0.2, 0.25) is 0 Å². The van der Waals surface area contributed by atoms with E-state index in [2.05, 4.69) is 5.32 Å². The van der Waals surface area contributed by atoms with Gasteiger partial charge in [0.15, 0.2) is 0 Å². The van der Waals surface area contributed by atoms with E-state index >= 15 is 0 Å². The molecule has 1 amide bonds. The van der Waals surface area contributed by atoms with Gasteiger partial charge in [0.05, 0.1) is 11.5 Å². The first kappa shape index (κ1) is 22.3. The summed E-state index contributed by atoms with van der Waals surface area (Å²) in [5.41, 5.74) is 2.28. The van der Waals surface area contributed by atoms with E-state index in [1.807, 2.05) is 38.1 Å². The molecule has 1 heterocycles. The van der Waals surface area contributed by atoms with Crippen molar-refractivity contribution < 1.29 is 17.9 Å². The monoisotopic (exact) mass is 430 g/mol. The number of rotatable bonds is 9. The van der Waals surface area contributed by atoms with Gasteiger partial charge >= 0.3 is 0 Å². The number of amides is 1. The molecule has 7 heteroatoms. The molecular formula is C23H30N2O4S. The van der Waals surface area contributed by atoms with Gasteiger partial charge in [-0.3, -0.25) is 4.79 Å². The molecule has 0 atom stereocenters. The molecule has 0 bridgehead atoms. The van der Waals surface area contributed by atoms with E-state index in [9.17, 15) is 13.2 Å². The highest BCUT2D eigenvalue weighted by atomic mass is 32.2. The zero-order valence-corrected chi connectivity index (χ0v) is 18.5. The van der Waals surface area contributed by atoms with Crippen molar-refractivity contribution >= 4 is 15.9 Å². The Balaban J connectivity index is 1.62. The number of para-hydroxylation sites is 1. The highest BCUT2D eigenvalue weighted by Crippen LogP contribution is 2.23. The van der Waals surface area contributed by atoms with Gasteiger partial charge in [-0.15, -0.1) is 0 Å². The van der Waals surface area contributed by atoms with Gasteiger partial charge in [0.1, 0.15) is 5.75 Å². The van der Waals surface area contributed by atoms with E-state index in [0.717, 1.165) is 42.6 Å². The second-order valence-electron chi connectivity index (χ2n) is 7.49. The summed E-state index contributed by atoms with van der Waals surface area (Å²) >= 11 is 0. The van der Waals surface area contributed by atoms with Crippen molar-refractivity contribution in [2.24, 2.45) is 0 Å². The molecule has 1 fully saturated rings. The fraction of sp³-hybridized carbons (Fsp3) is 0.435. The maximum absolute atomic E-state index is 12.8.